The highest BCUT2D eigenvalue weighted by molar-refractivity contribution is 6.09. The van der Waals surface area contributed by atoms with E-state index < -0.39 is 35.7 Å². The number of imide groups is 1. The first-order chi connectivity index (χ1) is 12.3. The van der Waals surface area contributed by atoms with Crippen molar-refractivity contribution in [2.45, 2.75) is 58.4 Å². The molecular formula is C19H26FN3O3. The molecule has 1 saturated heterocycles. The molecule has 0 aliphatic carbocycles. The number of carbonyl (C=O) groups excluding carboxylic acids is 3. The molecule has 1 atom stereocenters. The fourth-order valence-electron chi connectivity index (χ4n) is 3.03. The Morgan fingerprint density at radius 2 is 2.00 bits per heavy atom. The molecule has 6 nitrogen and oxygen atoms in total. The molecule has 1 fully saturated rings. The Hall–Kier alpha value is -2.44. The molecule has 26 heavy (non-hydrogen) atoms. The SMILES string of the molecule is CCCCCC[C@]1(C)NC(=O)N(CC(=O)Nc2cc(F)ccc2C)C1=O. The number of benzene rings is 1. The number of amides is 4. The summed E-state index contributed by atoms with van der Waals surface area (Å²) in [5, 5.41) is 5.25. The van der Waals surface area contributed by atoms with E-state index in [1.165, 1.54) is 12.1 Å². The van der Waals surface area contributed by atoms with Crippen LogP contribution >= 0.6 is 0 Å². The first-order valence-electron chi connectivity index (χ1n) is 8.97. The Morgan fingerprint density at radius 3 is 2.69 bits per heavy atom. The highest BCUT2D eigenvalue weighted by atomic mass is 19.1. The molecule has 7 heteroatoms. The molecule has 0 aromatic heterocycles. The molecule has 142 valence electrons. The summed E-state index contributed by atoms with van der Waals surface area (Å²) in [5.41, 5.74) is 0.0435. The minimum atomic E-state index is -0.972. The number of nitrogens with one attached hydrogen (secondary N) is 2. The smallest absolute Gasteiger partial charge is 0.324 e. The molecule has 0 unspecified atom stereocenters. The van der Waals surface area contributed by atoms with Crippen molar-refractivity contribution in [1.82, 2.24) is 10.2 Å². The largest absolute Gasteiger partial charge is 0.325 e. The second-order valence-corrected chi connectivity index (χ2v) is 6.97. The molecule has 4 amide bonds. The quantitative estimate of drug-likeness (QED) is 0.549. The van der Waals surface area contributed by atoms with Crippen molar-refractivity contribution in [2.24, 2.45) is 0 Å². The first-order valence-corrected chi connectivity index (χ1v) is 8.97. The van der Waals surface area contributed by atoms with Crippen LogP contribution in [0, 0.1) is 12.7 Å². The lowest BCUT2D eigenvalue weighted by Crippen LogP contribution is -2.44. The maximum Gasteiger partial charge on any atom is 0.325 e. The number of rotatable bonds is 8. The van der Waals surface area contributed by atoms with E-state index in [2.05, 4.69) is 17.6 Å². The van der Waals surface area contributed by atoms with Gasteiger partial charge in [-0.2, -0.15) is 0 Å². The van der Waals surface area contributed by atoms with Crippen LogP contribution in [0.4, 0.5) is 14.9 Å². The topological polar surface area (TPSA) is 78.5 Å². The van der Waals surface area contributed by atoms with Gasteiger partial charge in [0.2, 0.25) is 5.91 Å². The molecule has 0 bridgehead atoms. The number of halogens is 1. The zero-order chi connectivity index (χ0) is 19.3. The molecule has 1 aromatic rings. The molecule has 0 spiro atoms. The van der Waals surface area contributed by atoms with Crippen molar-refractivity contribution in [3.8, 4) is 0 Å². The zero-order valence-corrected chi connectivity index (χ0v) is 15.5. The van der Waals surface area contributed by atoms with Gasteiger partial charge in [-0.3, -0.25) is 14.5 Å². The van der Waals surface area contributed by atoms with E-state index in [0.717, 1.165) is 30.6 Å². The molecule has 1 heterocycles. The Morgan fingerprint density at radius 1 is 1.27 bits per heavy atom. The van der Waals surface area contributed by atoms with Crippen LogP contribution in [0.1, 0.15) is 51.5 Å². The molecule has 0 radical (unpaired) electrons. The number of urea groups is 1. The second-order valence-electron chi connectivity index (χ2n) is 6.97. The van der Waals surface area contributed by atoms with Crippen molar-refractivity contribution >= 4 is 23.5 Å². The molecule has 2 rings (SSSR count). The molecule has 1 aromatic carbocycles. The van der Waals surface area contributed by atoms with Crippen LogP contribution in [-0.2, 0) is 9.59 Å². The van der Waals surface area contributed by atoms with Crippen molar-refractivity contribution < 1.29 is 18.8 Å². The Kier molecular flexibility index (Phi) is 6.34. The number of carbonyl (C=O) groups is 3. The van der Waals surface area contributed by atoms with Crippen molar-refractivity contribution in [2.75, 3.05) is 11.9 Å². The summed E-state index contributed by atoms with van der Waals surface area (Å²) < 4.78 is 13.3. The highest BCUT2D eigenvalue weighted by Gasteiger charge is 2.47. The van der Waals surface area contributed by atoms with Gasteiger partial charge in [-0.1, -0.05) is 38.7 Å². The minimum Gasteiger partial charge on any atom is -0.324 e. The van der Waals surface area contributed by atoms with Crippen LogP contribution in [0.3, 0.4) is 0 Å². The highest BCUT2D eigenvalue weighted by Crippen LogP contribution is 2.24. The third-order valence-electron chi connectivity index (χ3n) is 4.65. The predicted molar refractivity (Wildman–Crippen MR) is 97.2 cm³/mol. The summed E-state index contributed by atoms with van der Waals surface area (Å²) in [6.07, 6.45) is 4.53. The fourth-order valence-corrected chi connectivity index (χ4v) is 3.03. The third kappa shape index (κ3) is 4.59. The number of aryl methyl sites for hydroxylation is 1. The number of nitrogens with zero attached hydrogens (tertiary/aromatic N) is 1. The third-order valence-corrected chi connectivity index (χ3v) is 4.65. The second kappa shape index (κ2) is 8.29. The van der Waals surface area contributed by atoms with E-state index in [1.54, 1.807) is 19.9 Å². The molecule has 2 N–H and O–H groups in total. The number of anilines is 1. The van der Waals surface area contributed by atoms with E-state index in [0.29, 0.717) is 17.7 Å². The number of hydrogen-bond acceptors (Lipinski definition) is 3. The summed E-state index contributed by atoms with van der Waals surface area (Å²) in [4.78, 5) is 37.9. The van der Waals surface area contributed by atoms with E-state index in [4.69, 9.17) is 0 Å². The maximum absolute atomic E-state index is 13.3. The monoisotopic (exact) mass is 363 g/mol. The Bertz CT molecular complexity index is 707. The maximum atomic E-state index is 13.3. The molecule has 1 aliphatic heterocycles. The summed E-state index contributed by atoms with van der Waals surface area (Å²) in [6, 6.07) is 3.48. The fraction of sp³-hybridized carbons (Fsp3) is 0.526. The zero-order valence-electron chi connectivity index (χ0n) is 15.5. The van der Waals surface area contributed by atoms with Gasteiger partial charge in [-0.15, -0.1) is 0 Å². The van der Waals surface area contributed by atoms with Gasteiger partial charge in [0.25, 0.3) is 5.91 Å². The van der Waals surface area contributed by atoms with Gasteiger partial charge in [-0.05, 0) is 38.0 Å². The average molecular weight is 363 g/mol. The number of hydrogen-bond donors (Lipinski definition) is 2. The van der Waals surface area contributed by atoms with Crippen molar-refractivity contribution in [3.05, 3.63) is 29.6 Å². The van der Waals surface area contributed by atoms with E-state index >= 15 is 0 Å². The summed E-state index contributed by atoms with van der Waals surface area (Å²) in [5.74, 6) is -1.41. The lowest BCUT2D eigenvalue weighted by Gasteiger charge is -2.21. The standard InChI is InChI=1S/C19H26FN3O3/c1-4-5-6-7-10-19(3)17(25)23(18(26)22-19)12-16(24)21-15-11-14(20)9-8-13(15)2/h8-9,11H,4-7,10,12H2,1-3H3,(H,21,24)(H,22,26)/t19-/m0/s1. The van der Waals surface area contributed by atoms with Gasteiger partial charge in [0, 0.05) is 5.69 Å². The van der Waals surface area contributed by atoms with Gasteiger partial charge in [0.15, 0.2) is 0 Å². The molecule has 0 saturated carbocycles. The summed E-state index contributed by atoms with van der Waals surface area (Å²) in [6.45, 7) is 5.12. The van der Waals surface area contributed by atoms with Crippen LogP contribution < -0.4 is 10.6 Å². The van der Waals surface area contributed by atoms with Gasteiger partial charge in [-0.25, -0.2) is 9.18 Å². The Labute approximate surface area is 153 Å². The van der Waals surface area contributed by atoms with Crippen LogP contribution in [0.25, 0.3) is 0 Å². The van der Waals surface area contributed by atoms with Gasteiger partial charge >= 0.3 is 6.03 Å². The van der Waals surface area contributed by atoms with Crippen molar-refractivity contribution in [1.29, 1.82) is 0 Å². The predicted octanol–water partition coefficient (Wildman–Crippen LogP) is 3.35. The lowest BCUT2D eigenvalue weighted by atomic mass is 9.94. The summed E-state index contributed by atoms with van der Waals surface area (Å²) >= 11 is 0. The van der Waals surface area contributed by atoms with Crippen LogP contribution in [0.2, 0.25) is 0 Å². The molecular weight excluding hydrogens is 337 g/mol. The van der Waals surface area contributed by atoms with Crippen LogP contribution in [0.5, 0.6) is 0 Å². The van der Waals surface area contributed by atoms with Gasteiger partial charge < -0.3 is 10.6 Å². The average Bonchev–Trinajstić information content (AvgIpc) is 2.79. The minimum absolute atomic E-state index is 0.324. The van der Waals surface area contributed by atoms with E-state index in [-0.39, 0.29) is 0 Å². The molecule has 1 aliphatic rings. The van der Waals surface area contributed by atoms with Gasteiger partial charge in [0.05, 0.1) is 0 Å². The summed E-state index contributed by atoms with van der Waals surface area (Å²) in [7, 11) is 0. The van der Waals surface area contributed by atoms with Crippen LogP contribution in [-0.4, -0.2) is 34.8 Å². The Balaban J connectivity index is 1.98. The van der Waals surface area contributed by atoms with E-state index in [1.807, 2.05) is 0 Å². The normalized spacial score (nSPS) is 19.6. The van der Waals surface area contributed by atoms with E-state index in [9.17, 15) is 18.8 Å². The van der Waals surface area contributed by atoms with Gasteiger partial charge in [0.1, 0.15) is 17.9 Å². The van der Waals surface area contributed by atoms with Crippen molar-refractivity contribution in [3.63, 3.8) is 0 Å². The first kappa shape index (κ1) is 19.9. The number of unbranched alkanes of at least 4 members (excludes halogenated alkanes) is 3. The lowest BCUT2D eigenvalue weighted by molar-refractivity contribution is -0.133. The van der Waals surface area contributed by atoms with Crippen LogP contribution in [0.15, 0.2) is 18.2 Å².